The predicted octanol–water partition coefficient (Wildman–Crippen LogP) is 5.87. The van der Waals surface area contributed by atoms with Crippen molar-refractivity contribution in [1.82, 2.24) is 14.9 Å². The van der Waals surface area contributed by atoms with Gasteiger partial charge >= 0.3 is 12.1 Å². The van der Waals surface area contributed by atoms with Crippen molar-refractivity contribution < 1.29 is 36.3 Å². The van der Waals surface area contributed by atoms with Crippen molar-refractivity contribution in [2.45, 2.75) is 67.7 Å². The van der Waals surface area contributed by atoms with Gasteiger partial charge in [-0.05, 0) is 84.7 Å². The number of likely N-dealkylation sites (tertiary alicyclic amines) is 1. The first-order valence-corrected chi connectivity index (χ1v) is 16.6. The van der Waals surface area contributed by atoms with Crippen LogP contribution in [0.3, 0.4) is 0 Å². The zero-order valence-corrected chi connectivity index (χ0v) is 25.9. The summed E-state index contributed by atoms with van der Waals surface area (Å²) in [6.07, 6.45) is -1.26. The van der Waals surface area contributed by atoms with Crippen molar-refractivity contribution >= 4 is 27.5 Å². The van der Waals surface area contributed by atoms with Crippen LogP contribution in [0.4, 0.5) is 13.2 Å². The fourth-order valence-electron chi connectivity index (χ4n) is 6.26. The van der Waals surface area contributed by atoms with Crippen LogP contribution in [0, 0.1) is 0 Å². The summed E-state index contributed by atoms with van der Waals surface area (Å²) in [7, 11) is -4.42. The number of rotatable bonds is 11. The molecule has 1 aliphatic carbocycles. The zero-order valence-electron chi connectivity index (χ0n) is 25.1. The maximum atomic E-state index is 13.4. The molecule has 1 amide bonds. The fraction of sp³-hybridized carbons (Fsp3) is 0.353. The third kappa shape index (κ3) is 7.86. The second-order valence-electron chi connectivity index (χ2n) is 11.8. The number of amides is 1. The van der Waals surface area contributed by atoms with Gasteiger partial charge in [0.1, 0.15) is 6.04 Å². The van der Waals surface area contributed by atoms with E-state index in [1.54, 1.807) is 30.3 Å². The Balaban J connectivity index is 1.30. The van der Waals surface area contributed by atoms with Crippen LogP contribution in [-0.2, 0) is 32.2 Å². The van der Waals surface area contributed by atoms with E-state index in [4.69, 9.17) is 0 Å². The molecule has 244 valence electrons. The van der Waals surface area contributed by atoms with E-state index < -0.39 is 50.6 Å². The Labute approximate surface area is 266 Å². The highest BCUT2D eigenvalue weighted by atomic mass is 32.2. The lowest BCUT2D eigenvalue weighted by atomic mass is 9.85. The summed E-state index contributed by atoms with van der Waals surface area (Å²) in [5.74, 6) is -1.24. The van der Waals surface area contributed by atoms with Gasteiger partial charge in [0.25, 0.3) is 0 Å². The Morgan fingerprint density at radius 1 is 1.00 bits per heavy atom. The minimum atomic E-state index is -4.72. The summed E-state index contributed by atoms with van der Waals surface area (Å²) in [5, 5.41) is 12.6. The van der Waals surface area contributed by atoms with Gasteiger partial charge in [0.2, 0.25) is 15.9 Å². The van der Waals surface area contributed by atoms with Crippen LogP contribution in [0.15, 0.2) is 84.3 Å². The van der Waals surface area contributed by atoms with Gasteiger partial charge in [0.15, 0.2) is 0 Å². The topological polar surface area (TPSA) is 116 Å². The van der Waals surface area contributed by atoms with Crippen molar-refractivity contribution in [3.8, 4) is 0 Å². The Morgan fingerprint density at radius 2 is 1.76 bits per heavy atom. The molecule has 46 heavy (non-hydrogen) atoms. The zero-order chi connectivity index (χ0) is 33.1. The number of carbonyl (C=O) groups excluding carboxylic acids is 1. The molecule has 2 aliphatic rings. The molecule has 1 heterocycles. The SMILES string of the molecule is C=C(CN1CCC[C@H]1C(=O)O)c1ccc2c(c1)CCC[C@H]2NC(=O)C[C@@H](NS(=O)(=O)c1cccc(C(F)(F)F)c1)c1ccccc1. The van der Waals surface area contributed by atoms with Crippen LogP contribution >= 0.6 is 0 Å². The summed E-state index contributed by atoms with van der Waals surface area (Å²) >= 11 is 0. The molecule has 5 rings (SSSR count). The average molecular weight is 656 g/mol. The molecule has 1 saturated heterocycles. The molecule has 3 aromatic carbocycles. The highest BCUT2D eigenvalue weighted by Crippen LogP contribution is 2.34. The second kappa shape index (κ2) is 13.8. The first-order valence-electron chi connectivity index (χ1n) is 15.1. The number of hydrogen-bond acceptors (Lipinski definition) is 5. The van der Waals surface area contributed by atoms with Gasteiger partial charge in [0, 0.05) is 13.0 Å². The van der Waals surface area contributed by atoms with Crippen molar-refractivity contribution in [1.29, 1.82) is 0 Å². The molecular weight excluding hydrogens is 619 g/mol. The Kier molecular flexibility index (Phi) is 9.99. The first-order chi connectivity index (χ1) is 21.8. The van der Waals surface area contributed by atoms with Gasteiger partial charge in [-0.25, -0.2) is 13.1 Å². The summed E-state index contributed by atoms with van der Waals surface area (Å²) in [6.45, 7) is 5.37. The van der Waals surface area contributed by atoms with Gasteiger partial charge in [-0.3, -0.25) is 14.5 Å². The third-order valence-corrected chi connectivity index (χ3v) is 10.1. The van der Waals surface area contributed by atoms with Gasteiger partial charge in [0.05, 0.1) is 22.5 Å². The lowest BCUT2D eigenvalue weighted by Gasteiger charge is -2.28. The van der Waals surface area contributed by atoms with E-state index in [0.29, 0.717) is 37.6 Å². The Bertz CT molecular complexity index is 1710. The molecule has 3 aromatic rings. The van der Waals surface area contributed by atoms with Crippen LogP contribution in [0.25, 0.3) is 5.57 Å². The number of benzene rings is 3. The Hall–Kier alpha value is -4.00. The van der Waals surface area contributed by atoms with Crippen LogP contribution in [0.5, 0.6) is 0 Å². The van der Waals surface area contributed by atoms with E-state index in [1.165, 1.54) is 0 Å². The largest absolute Gasteiger partial charge is 0.480 e. The maximum absolute atomic E-state index is 13.4. The quantitative estimate of drug-likeness (QED) is 0.238. The van der Waals surface area contributed by atoms with E-state index in [1.807, 2.05) is 23.1 Å². The standard InChI is InChI=1S/C34H36F3N3O5S/c1-22(21-40-17-7-14-31(40)33(42)43)24-15-16-28-25(18-24)10-5-13-29(28)38-32(41)20-30(23-8-3-2-4-9-23)39-46(44,45)27-12-6-11-26(19-27)34(35,36)37/h2-4,6,8-9,11-12,15-16,18-19,29-31,39H,1,5,7,10,13-14,17,20-21H2,(H,38,41)(H,42,43)/t29-,30-,31+/m1/s1. The highest BCUT2D eigenvalue weighted by Gasteiger charge is 2.33. The third-order valence-electron chi connectivity index (χ3n) is 8.60. The number of carboxylic acids is 1. The summed E-state index contributed by atoms with van der Waals surface area (Å²) in [6, 6.07) is 15.9. The number of carbonyl (C=O) groups is 2. The van der Waals surface area contributed by atoms with Gasteiger partial charge < -0.3 is 10.4 Å². The van der Waals surface area contributed by atoms with Gasteiger partial charge in [-0.15, -0.1) is 0 Å². The molecule has 0 radical (unpaired) electrons. The number of carboxylic acid groups (broad SMARTS) is 1. The number of halogens is 3. The molecule has 3 atom stereocenters. The summed E-state index contributed by atoms with van der Waals surface area (Å²) in [5.41, 5.74) is 3.13. The second-order valence-corrected chi connectivity index (χ2v) is 13.5. The van der Waals surface area contributed by atoms with Crippen LogP contribution < -0.4 is 10.0 Å². The van der Waals surface area contributed by atoms with Crippen LogP contribution in [0.1, 0.15) is 72.0 Å². The summed E-state index contributed by atoms with van der Waals surface area (Å²) < 4.78 is 68.7. The van der Waals surface area contributed by atoms with Crippen molar-refractivity contribution in [3.63, 3.8) is 0 Å². The number of aliphatic carboxylic acids is 1. The predicted molar refractivity (Wildman–Crippen MR) is 167 cm³/mol. The van der Waals surface area contributed by atoms with E-state index in [0.717, 1.165) is 59.7 Å². The molecule has 0 spiro atoms. The lowest BCUT2D eigenvalue weighted by molar-refractivity contribution is -0.142. The normalized spacial score (nSPS) is 19.3. The van der Waals surface area contributed by atoms with Crippen LogP contribution in [-0.4, -0.2) is 49.4 Å². The molecule has 8 nitrogen and oxygen atoms in total. The molecule has 3 N–H and O–H groups in total. The number of alkyl halides is 3. The monoisotopic (exact) mass is 655 g/mol. The van der Waals surface area contributed by atoms with Crippen molar-refractivity contribution in [2.75, 3.05) is 13.1 Å². The maximum Gasteiger partial charge on any atom is 0.416 e. The first kappa shape index (κ1) is 33.4. The number of fused-ring (bicyclic) bond motifs is 1. The fourth-order valence-corrected chi connectivity index (χ4v) is 7.53. The number of hydrogen-bond donors (Lipinski definition) is 3. The molecule has 1 fully saturated rings. The molecule has 1 aliphatic heterocycles. The number of aryl methyl sites for hydroxylation is 1. The van der Waals surface area contributed by atoms with Crippen molar-refractivity contribution in [3.05, 3.63) is 107 Å². The molecule has 0 unspecified atom stereocenters. The van der Waals surface area contributed by atoms with E-state index in [9.17, 15) is 36.3 Å². The number of sulfonamides is 1. The number of nitrogens with one attached hydrogen (secondary N) is 2. The van der Waals surface area contributed by atoms with Gasteiger partial charge in [-0.2, -0.15) is 13.2 Å². The minimum absolute atomic E-state index is 0.274. The highest BCUT2D eigenvalue weighted by molar-refractivity contribution is 7.89. The number of nitrogens with zero attached hydrogens (tertiary/aromatic N) is 1. The molecule has 12 heteroatoms. The Morgan fingerprint density at radius 3 is 2.48 bits per heavy atom. The molecule has 0 bridgehead atoms. The van der Waals surface area contributed by atoms with Gasteiger partial charge in [-0.1, -0.05) is 61.2 Å². The van der Waals surface area contributed by atoms with Crippen molar-refractivity contribution in [2.24, 2.45) is 0 Å². The average Bonchev–Trinajstić information content (AvgIpc) is 3.49. The summed E-state index contributed by atoms with van der Waals surface area (Å²) in [4.78, 5) is 26.4. The van der Waals surface area contributed by atoms with E-state index in [2.05, 4.69) is 16.6 Å². The minimum Gasteiger partial charge on any atom is -0.480 e. The van der Waals surface area contributed by atoms with E-state index in [-0.39, 0.29) is 12.5 Å². The van der Waals surface area contributed by atoms with E-state index >= 15 is 0 Å². The van der Waals surface area contributed by atoms with Crippen LogP contribution in [0.2, 0.25) is 0 Å². The molecule has 0 aromatic heterocycles. The molecular formula is C34H36F3N3O5S. The smallest absolute Gasteiger partial charge is 0.416 e. The lowest BCUT2D eigenvalue weighted by Crippen LogP contribution is -2.37. The molecule has 0 saturated carbocycles.